The molecule has 1 N–H and O–H groups in total. The van der Waals surface area contributed by atoms with Crippen molar-refractivity contribution in [3.05, 3.63) is 53.1 Å². The maximum Gasteiger partial charge on any atom is 0.262 e. The third-order valence-electron chi connectivity index (χ3n) is 2.79. The first kappa shape index (κ1) is 16.1. The minimum atomic E-state index is -3.69. The summed E-state index contributed by atoms with van der Waals surface area (Å²) in [5, 5.41) is 1.09. The molecule has 0 amide bonds. The van der Waals surface area contributed by atoms with E-state index in [1.807, 2.05) is 0 Å². The largest absolute Gasteiger partial charge is 0.495 e. The Labute approximate surface area is 137 Å². The van der Waals surface area contributed by atoms with Gasteiger partial charge in [0.2, 0.25) is 0 Å². The molecule has 0 aliphatic heterocycles. The highest BCUT2D eigenvalue weighted by molar-refractivity contribution is 9.08. The average molecular weight is 391 g/mol. The fourth-order valence-corrected chi connectivity index (χ4v) is 3.33. The van der Waals surface area contributed by atoms with Gasteiger partial charge in [0.1, 0.15) is 5.75 Å². The lowest BCUT2D eigenvalue weighted by molar-refractivity contribution is 0.417. The van der Waals surface area contributed by atoms with Crippen LogP contribution in [0.2, 0.25) is 5.02 Å². The standard InChI is InChI=1S/C14H13BrClNO3S/c1-20-14-7-4-11(16)8-13(14)17-21(18,19)12-5-2-10(9-15)3-6-12/h2-8,17H,9H2,1H3. The zero-order valence-corrected chi connectivity index (χ0v) is 14.3. The summed E-state index contributed by atoms with van der Waals surface area (Å²) in [6.45, 7) is 0. The van der Waals surface area contributed by atoms with Gasteiger partial charge in [0.25, 0.3) is 10.0 Å². The predicted octanol–water partition coefficient (Wildman–Crippen LogP) is 4.04. The van der Waals surface area contributed by atoms with Crippen molar-refractivity contribution >= 4 is 43.2 Å². The number of nitrogens with one attached hydrogen (secondary N) is 1. The molecule has 0 aliphatic rings. The molecule has 0 radical (unpaired) electrons. The number of hydrogen-bond acceptors (Lipinski definition) is 3. The Morgan fingerprint density at radius 3 is 2.43 bits per heavy atom. The molecule has 0 saturated heterocycles. The van der Waals surface area contributed by atoms with E-state index in [2.05, 4.69) is 20.7 Å². The maximum atomic E-state index is 12.4. The quantitative estimate of drug-likeness (QED) is 0.784. The van der Waals surface area contributed by atoms with E-state index < -0.39 is 10.0 Å². The van der Waals surface area contributed by atoms with E-state index >= 15 is 0 Å². The van der Waals surface area contributed by atoms with Crippen molar-refractivity contribution in [2.75, 3.05) is 11.8 Å². The van der Waals surface area contributed by atoms with Crippen LogP contribution in [0, 0.1) is 0 Å². The van der Waals surface area contributed by atoms with Gasteiger partial charge < -0.3 is 4.74 Å². The van der Waals surface area contributed by atoms with Crippen LogP contribution in [0.1, 0.15) is 5.56 Å². The van der Waals surface area contributed by atoms with E-state index in [1.165, 1.54) is 13.2 Å². The first-order valence-electron chi connectivity index (χ1n) is 5.97. The predicted molar refractivity (Wildman–Crippen MR) is 87.9 cm³/mol. The SMILES string of the molecule is COc1ccc(Cl)cc1NS(=O)(=O)c1ccc(CBr)cc1. The Morgan fingerprint density at radius 1 is 1.19 bits per heavy atom. The molecule has 0 heterocycles. The van der Waals surface area contributed by atoms with E-state index in [-0.39, 0.29) is 4.90 Å². The highest BCUT2D eigenvalue weighted by atomic mass is 79.9. The van der Waals surface area contributed by atoms with Crippen molar-refractivity contribution < 1.29 is 13.2 Å². The molecule has 0 unspecified atom stereocenters. The van der Waals surface area contributed by atoms with Gasteiger partial charge in [-0.15, -0.1) is 0 Å². The van der Waals surface area contributed by atoms with E-state index in [4.69, 9.17) is 16.3 Å². The fraction of sp³-hybridized carbons (Fsp3) is 0.143. The van der Waals surface area contributed by atoms with Gasteiger partial charge in [0, 0.05) is 10.4 Å². The number of halogens is 2. The van der Waals surface area contributed by atoms with Gasteiger partial charge in [-0.2, -0.15) is 0 Å². The van der Waals surface area contributed by atoms with Gasteiger partial charge in [-0.05, 0) is 35.9 Å². The number of benzene rings is 2. The Kier molecular flexibility index (Phi) is 5.13. The van der Waals surface area contributed by atoms with Crippen LogP contribution in [-0.2, 0) is 15.4 Å². The van der Waals surface area contributed by atoms with Crippen LogP contribution >= 0.6 is 27.5 Å². The van der Waals surface area contributed by atoms with Crippen LogP contribution in [-0.4, -0.2) is 15.5 Å². The molecule has 112 valence electrons. The topological polar surface area (TPSA) is 55.4 Å². The fourth-order valence-electron chi connectivity index (χ4n) is 1.72. The van der Waals surface area contributed by atoms with E-state index in [0.717, 1.165) is 5.56 Å². The van der Waals surface area contributed by atoms with Crippen LogP contribution < -0.4 is 9.46 Å². The summed E-state index contributed by atoms with van der Waals surface area (Å²) in [6.07, 6.45) is 0. The lowest BCUT2D eigenvalue weighted by atomic mass is 10.2. The Balaban J connectivity index is 2.34. The van der Waals surface area contributed by atoms with Crippen LogP contribution in [0.5, 0.6) is 5.75 Å². The number of ether oxygens (including phenoxy) is 1. The molecule has 4 nitrogen and oxygen atoms in total. The second kappa shape index (κ2) is 6.68. The Bertz CT molecular complexity index is 732. The summed E-state index contributed by atoms with van der Waals surface area (Å²) in [5.41, 5.74) is 1.30. The zero-order valence-electron chi connectivity index (χ0n) is 11.1. The Hall–Kier alpha value is -1.24. The average Bonchev–Trinajstić information content (AvgIpc) is 2.47. The van der Waals surface area contributed by atoms with Gasteiger partial charge in [0.05, 0.1) is 17.7 Å². The molecule has 0 aromatic heterocycles. The van der Waals surface area contributed by atoms with E-state index in [9.17, 15) is 8.42 Å². The molecule has 0 bridgehead atoms. The highest BCUT2D eigenvalue weighted by Gasteiger charge is 2.16. The van der Waals surface area contributed by atoms with Crippen molar-refractivity contribution in [1.29, 1.82) is 0 Å². The molecule has 21 heavy (non-hydrogen) atoms. The number of sulfonamides is 1. The van der Waals surface area contributed by atoms with Gasteiger partial charge in [-0.1, -0.05) is 39.7 Å². The molecule has 0 saturated carbocycles. The molecule has 0 atom stereocenters. The lowest BCUT2D eigenvalue weighted by Crippen LogP contribution is -2.13. The highest BCUT2D eigenvalue weighted by Crippen LogP contribution is 2.29. The third-order valence-corrected chi connectivity index (χ3v) is 5.06. The molecule has 0 aliphatic carbocycles. The summed E-state index contributed by atoms with van der Waals surface area (Å²) in [7, 11) is -2.23. The molecule has 2 rings (SSSR count). The Morgan fingerprint density at radius 2 is 1.86 bits per heavy atom. The van der Waals surface area contributed by atoms with Crippen molar-refractivity contribution in [1.82, 2.24) is 0 Å². The van der Waals surface area contributed by atoms with Crippen molar-refractivity contribution in [2.24, 2.45) is 0 Å². The van der Waals surface area contributed by atoms with Crippen molar-refractivity contribution in [3.63, 3.8) is 0 Å². The number of alkyl halides is 1. The smallest absolute Gasteiger partial charge is 0.262 e. The third kappa shape index (κ3) is 3.90. The van der Waals surface area contributed by atoms with Gasteiger partial charge >= 0.3 is 0 Å². The number of rotatable bonds is 5. The van der Waals surface area contributed by atoms with Gasteiger partial charge in [0.15, 0.2) is 0 Å². The summed E-state index contributed by atoms with van der Waals surface area (Å²) < 4.78 is 32.3. The summed E-state index contributed by atoms with van der Waals surface area (Å²) in [6, 6.07) is 11.3. The second-order valence-corrected chi connectivity index (χ2v) is 6.91. The molecule has 2 aromatic carbocycles. The van der Waals surface area contributed by atoms with Crippen LogP contribution in [0.15, 0.2) is 47.4 Å². The first-order valence-corrected chi connectivity index (χ1v) is 8.96. The molecule has 0 spiro atoms. The first-order chi connectivity index (χ1) is 9.96. The number of anilines is 1. The van der Waals surface area contributed by atoms with Crippen LogP contribution in [0.25, 0.3) is 0 Å². The number of hydrogen-bond donors (Lipinski definition) is 1. The van der Waals surface area contributed by atoms with Crippen LogP contribution in [0.4, 0.5) is 5.69 Å². The molecule has 7 heteroatoms. The second-order valence-electron chi connectivity index (χ2n) is 4.23. The molecular weight excluding hydrogens is 378 g/mol. The van der Waals surface area contributed by atoms with Gasteiger partial charge in [-0.3, -0.25) is 4.72 Å². The summed E-state index contributed by atoms with van der Waals surface area (Å²) in [4.78, 5) is 0.175. The summed E-state index contributed by atoms with van der Waals surface area (Å²) >= 11 is 9.21. The normalized spacial score (nSPS) is 11.2. The van der Waals surface area contributed by atoms with E-state index in [0.29, 0.717) is 21.8 Å². The van der Waals surface area contributed by atoms with Crippen molar-refractivity contribution in [3.8, 4) is 5.75 Å². The minimum absolute atomic E-state index is 0.175. The monoisotopic (exact) mass is 389 g/mol. The zero-order chi connectivity index (χ0) is 15.5. The minimum Gasteiger partial charge on any atom is -0.495 e. The van der Waals surface area contributed by atoms with E-state index in [1.54, 1.807) is 36.4 Å². The molecule has 0 fully saturated rings. The summed E-state index contributed by atoms with van der Waals surface area (Å²) in [5.74, 6) is 0.403. The molecular formula is C14H13BrClNO3S. The molecule has 2 aromatic rings. The maximum absolute atomic E-state index is 12.4. The van der Waals surface area contributed by atoms with Crippen molar-refractivity contribution in [2.45, 2.75) is 10.2 Å². The van der Waals surface area contributed by atoms with Crippen LogP contribution in [0.3, 0.4) is 0 Å². The van der Waals surface area contributed by atoms with Gasteiger partial charge in [-0.25, -0.2) is 8.42 Å². The number of methoxy groups -OCH3 is 1. The lowest BCUT2D eigenvalue weighted by Gasteiger charge is -2.12.